The standard InChI is InChI=1S/C13H12FN5O2/c14-9-3-7(1-2-11(9)20)12-18-13(21-19-12)10(15)4-8-5-16-6-17-8/h1-3,5-6,10,20H,4,15H2,(H,16,17)/t10-/m1/s1. The van der Waals surface area contributed by atoms with Crippen molar-refractivity contribution in [1.82, 2.24) is 20.1 Å². The normalized spacial score (nSPS) is 12.5. The number of H-pyrrole nitrogens is 1. The molecule has 0 unspecified atom stereocenters. The molecule has 108 valence electrons. The molecule has 8 heteroatoms. The van der Waals surface area contributed by atoms with E-state index in [1.54, 1.807) is 12.5 Å². The van der Waals surface area contributed by atoms with E-state index in [1.807, 2.05) is 0 Å². The predicted molar refractivity (Wildman–Crippen MR) is 70.6 cm³/mol. The lowest BCUT2D eigenvalue weighted by Gasteiger charge is -2.03. The average Bonchev–Trinajstić information content (AvgIpc) is 3.12. The highest BCUT2D eigenvalue weighted by Crippen LogP contribution is 2.24. The van der Waals surface area contributed by atoms with Gasteiger partial charge < -0.3 is 20.3 Å². The Labute approximate surface area is 118 Å². The molecule has 0 saturated carbocycles. The van der Waals surface area contributed by atoms with Crippen LogP contribution < -0.4 is 5.73 Å². The molecule has 0 amide bonds. The van der Waals surface area contributed by atoms with E-state index in [0.29, 0.717) is 12.0 Å². The highest BCUT2D eigenvalue weighted by Gasteiger charge is 2.17. The number of rotatable bonds is 4. The number of benzene rings is 1. The maximum absolute atomic E-state index is 13.3. The first kappa shape index (κ1) is 13.3. The number of imidazole rings is 1. The van der Waals surface area contributed by atoms with Gasteiger partial charge in [0.25, 0.3) is 0 Å². The van der Waals surface area contributed by atoms with Crippen LogP contribution >= 0.6 is 0 Å². The molecule has 3 rings (SSSR count). The Balaban J connectivity index is 1.80. The number of nitrogens with one attached hydrogen (secondary N) is 1. The van der Waals surface area contributed by atoms with Crippen molar-refractivity contribution < 1.29 is 14.0 Å². The molecular formula is C13H12FN5O2. The number of aromatic hydroxyl groups is 1. The highest BCUT2D eigenvalue weighted by atomic mass is 19.1. The van der Waals surface area contributed by atoms with Crippen molar-refractivity contribution in [3.05, 3.63) is 48.1 Å². The Morgan fingerprint density at radius 3 is 3.00 bits per heavy atom. The number of nitrogens with zero attached hydrogens (tertiary/aromatic N) is 3. The predicted octanol–water partition coefficient (Wildman–Crippen LogP) is 1.55. The van der Waals surface area contributed by atoms with Crippen LogP contribution in [0.4, 0.5) is 4.39 Å². The lowest BCUT2D eigenvalue weighted by atomic mass is 10.1. The van der Waals surface area contributed by atoms with Gasteiger partial charge >= 0.3 is 0 Å². The van der Waals surface area contributed by atoms with Gasteiger partial charge in [-0.3, -0.25) is 0 Å². The van der Waals surface area contributed by atoms with Crippen molar-refractivity contribution in [2.24, 2.45) is 5.73 Å². The molecule has 21 heavy (non-hydrogen) atoms. The fourth-order valence-electron chi connectivity index (χ4n) is 1.87. The molecule has 0 aliphatic rings. The van der Waals surface area contributed by atoms with Gasteiger partial charge in [-0.15, -0.1) is 0 Å². The number of phenols is 1. The molecule has 0 radical (unpaired) electrons. The zero-order valence-corrected chi connectivity index (χ0v) is 10.8. The maximum Gasteiger partial charge on any atom is 0.244 e. The van der Waals surface area contributed by atoms with Crippen molar-refractivity contribution in [2.45, 2.75) is 12.5 Å². The first-order chi connectivity index (χ1) is 10.1. The largest absolute Gasteiger partial charge is 0.505 e. The van der Waals surface area contributed by atoms with Gasteiger partial charge in [0.2, 0.25) is 11.7 Å². The Bertz CT molecular complexity index is 741. The Hall–Kier alpha value is -2.74. The molecule has 0 saturated heterocycles. The van der Waals surface area contributed by atoms with Crippen LogP contribution in [-0.4, -0.2) is 25.2 Å². The second-order valence-electron chi connectivity index (χ2n) is 4.51. The van der Waals surface area contributed by atoms with Crippen LogP contribution in [0.2, 0.25) is 0 Å². The summed E-state index contributed by atoms with van der Waals surface area (Å²) in [7, 11) is 0. The fraction of sp³-hybridized carbons (Fsp3) is 0.154. The lowest BCUT2D eigenvalue weighted by Crippen LogP contribution is -2.13. The van der Waals surface area contributed by atoms with Gasteiger partial charge in [-0.2, -0.15) is 4.98 Å². The zero-order valence-electron chi connectivity index (χ0n) is 10.8. The Kier molecular flexibility index (Phi) is 3.36. The van der Waals surface area contributed by atoms with E-state index in [4.69, 9.17) is 15.4 Å². The Morgan fingerprint density at radius 2 is 2.29 bits per heavy atom. The van der Waals surface area contributed by atoms with Crippen LogP contribution in [0.3, 0.4) is 0 Å². The molecule has 1 aromatic carbocycles. The molecule has 7 nitrogen and oxygen atoms in total. The summed E-state index contributed by atoms with van der Waals surface area (Å²) < 4.78 is 18.4. The van der Waals surface area contributed by atoms with E-state index >= 15 is 0 Å². The van der Waals surface area contributed by atoms with Crippen molar-refractivity contribution in [3.63, 3.8) is 0 Å². The summed E-state index contributed by atoms with van der Waals surface area (Å²) in [6.07, 6.45) is 3.68. The molecule has 2 aromatic heterocycles. The van der Waals surface area contributed by atoms with E-state index in [9.17, 15) is 4.39 Å². The first-order valence-electron chi connectivity index (χ1n) is 6.19. The van der Waals surface area contributed by atoms with Crippen LogP contribution in [0.15, 0.2) is 35.2 Å². The topological polar surface area (TPSA) is 114 Å². The molecular weight excluding hydrogens is 277 g/mol. The average molecular weight is 289 g/mol. The lowest BCUT2D eigenvalue weighted by molar-refractivity contribution is 0.354. The molecule has 0 fully saturated rings. The second kappa shape index (κ2) is 5.33. The van der Waals surface area contributed by atoms with Gasteiger partial charge in [0.05, 0.1) is 12.4 Å². The first-order valence-corrected chi connectivity index (χ1v) is 6.19. The van der Waals surface area contributed by atoms with Gasteiger partial charge in [0, 0.05) is 23.9 Å². The SMILES string of the molecule is N[C@H](Cc1cnc[nH]1)c1nc(-c2ccc(O)c(F)c2)no1. The molecule has 0 bridgehead atoms. The molecule has 2 heterocycles. The van der Waals surface area contributed by atoms with Crippen LogP contribution in [0, 0.1) is 5.82 Å². The third-order valence-corrected chi connectivity index (χ3v) is 2.96. The number of hydrogen-bond donors (Lipinski definition) is 3. The van der Waals surface area contributed by atoms with E-state index in [1.165, 1.54) is 12.1 Å². The number of nitrogens with two attached hydrogens (primary N) is 1. The minimum absolute atomic E-state index is 0.212. The van der Waals surface area contributed by atoms with Crippen LogP contribution in [0.5, 0.6) is 5.75 Å². The Morgan fingerprint density at radius 1 is 1.43 bits per heavy atom. The van der Waals surface area contributed by atoms with E-state index in [0.717, 1.165) is 11.8 Å². The summed E-state index contributed by atoms with van der Waals surface area (Å²) in [4.78, 5) is 11.0. The van der Waals surface area contributed by atoms with Crippen LogP contribution in [0.1, 0.15) is 17.6 Å². The highest BCUT2D eigenvalue weighted by molar-refractivity contribution is 5.55. The molecule has 0 spiro atoms. The molecule has 4 N–H and O–H groups in total. The summed E-state index contributed by atoms with van der Waals surface area (Å²) in [5.74, 6) is -0.726. The van der Waals surface area contributed by atoms with E-state index in [-0.39, 0.29) is 11.7 Å². The number of hydrogen-bond acceptors (Lipinski definition) is 6. The third-order valence-electron chi connectivity index (χ3n) is 2.96. The molecule has 0 aliphatic carbocycles. The number of halogens is 1. The fourth-order valence-corrected chi connectivity index (χ4v) is 1.87. The molecule has 0 aliphatic heterocycles. The van der Waals surface area contributed by atoms with E-state index in [2.05, 4.69) is 20.1 Å². The number of aromatic amines is 1. The van der Waals surface area contributed by atoms with Crippen LogP contribution in [-0.2, 0) is 6.42 Å². The van der Waals surface area contributed by atoms with Gasteiger partial charge in [-0.1, -0.05) is 5.16 Å². The number of aromatic nitrogens is 4. The van der Waals surface area contributed by atoms with Crippen molar-refractivity contribution in [3.8, 4) is 17.1 Å². The maximum atomic E-state index is 13.3. The summed E-state index contributed by atoms with van der Waals surface area (Å²) in [6.45, 7) is 0. The van der Waals surface area contributed by atoms with Crippen molar-refractivity contribution >= 4 is 0 Å². The summed E-state index contributed by atoms with van der Waals surface area (Å²) in [5, 5.41) is 12.9. The van der Waals surface area contributed by atoms with Crippen LogP contribution in [0.25, 0.3) is 11.4 Å². The summed E-state index contributed by atoms with van der Waals surface area (Å²) >= 11 is 0. The zero-order chi connectivity index (χ0) is 14.8. The minimum atomic E-state index is -0.749. The van der Waals surface area contributed by atoms with Gasteiger partial charge in [0.15, 0.2) is 11.6 Å². The monoisotopic (exact) mass is 289 g/mol. The summed E-state index contributed by atoms with van der Waals surface area (Å²) in [6, 6.07) is 3.36. The second-order valence-corrected chi connectivity index (χ2v) is 4.51. The van der Waals surface area contributed by atoms with Crippen molar-refractivity contribution in [1.29, 1.82) is 0 Å². The third kappa shape index (κ3) is 2.75. The quantitative estimate of drug-likeness (QED) is 0.671. The van der Waals surface area contributed by atoms with Gasteiger partial charge in [0.1, 0.15) is 0 Å². The van der Waals surface area contributed by atoms with Crippen molar-refractivity contribution in [2.75, 3.05) is 0 Å². The van der Waals surface area contributed by atoms with Gasteiger partial charge in [-0.25, -0.2) is 9.37 Å². The molecule has 1 atom stereocenters. The van der Waals surface area contributed by atoms with E-state index < -0.39 is 17.6 Å². The smallest absolute Gasteiger partial charge is 0.244 e. The number of phenolic OH excluding ortho intramolecular Hbond substituents is 1. The summed E-state index contributed by atoms with van der Waals surface area (Å²) in [5.41, 5.74) is 7.22. The molecule has 3 aromatic rings. The minimum Gasteiger partial charge on any atom is -0.505 e. The van der Waals surface area contributed by atoms with Gasteiger partial charge in [-0.05, 0) is 18.2 Å².